The van der Waals surface area contributed by atoms with Gasteiger partial charge in [0.05, 0.1) is 11.1 Å². The van der Waals surface area contributed by atoms with E-state index in [-0.39, 0.29) is 17.2 Å². The standard InChI is InChI=1S/C12H14N4O4S/c17-11(18)2-1-7-13-12(21)15-14-8-9-3-5-10(6-4-9)16(19)20/h3-6,8H,1-2,7H2,(H,17,18)(H2,13,15,21)/b14-8+. The van der Waals surface area contributed by atoms with Crippen LogP contribution < -0.4 is 10.7 Å². The van der Waals surface area contributed by atoms with Crippen LogP contribution in [0.4, 0.5) is 5.69 Å². The van der Waals surface area contributed by atoms with Crippen molar-refractivity contribution in [2.45, 2.75) is 12.8 Å². The first-order valence-electron chi connectivity index (χ1n) is 6.02. The normalized spacial score (nSPS) is 10.3. The van der Waals surface area contributed by atoms with E-state index in [2.05, 4.69) is 15.8 Å². The van der Waals surface area contributed by atoms with Gasteiger partial charge >= 0.3 is 5.97 Å². The number of carboxylic acids is 1. The quantitative estimate of drug-likeness (QED) is 0.228. The van der Waals surface area contributed by atoms with Crippen molar-refractivity contribution >= 4 is 35.2 Å². The van der Waals surface area contributed by atoms with E-state index in [1.165, 1.54) is 18.3 Å². The van der Waals surface area contributed by atoms with E-state index in [4.69, 9.17) is 17.3 Å². The van der Waals surface area contributed by atoms with Crippen LogP contribution in [0.2, 0.25) is 0 Å². The molecule has 0 aliphatic heterocycles. The van der Waals surface area contributed by atoms with Gasteiger partial charge < -0.3 is 10.4 Å². The Morgan fingerprint density at radius 1 is 1.43 bits per heavy atom. The van der Waals surface area contributed by atoms with E-state index < -0.39 is 10.9 Å². The summed E-state index contributed by atoms with van der Waals surface area (Å²) < 4.78 is 0. The number of aliphatic carboxylic acids is 1. The molecule has 0 spiro atoms. The summed E-state index contributed by atoms with van der Waals surface area (Å²) in [6.07, 6.45) is 2.00. The Balaban J connectivity index is 2.31. The molecule has 21 heavy (non-hydrogen) atoms. The number of nitro groups is 1. The number of thiocarbonyl (C=S) groups is 1. The van der Waals surface area contributed by atoms with Crippen LogP contribution in [0, 0.1) is 10.1 Å². The highest BCUT2D eigenvalue weighted by Gasteiger charge is 2.02. The number of rotatable bonds is 7. The smallest absolute Gasteiger partial charge is 0.303 e. The third kappa shape index (κ3) is 6.97. The Labute approximate surface area is 126 Å². The first-order valence-corrected chi connectivity index (χ1v) is 6.43. The molecule has 0 aliphatic carbocycles. The number of hydrogen-bond donors (Lipinski definition) is 3. The number of nitrogens with one attached hydrogen (secondary N) is 2. The van der Waals surface area contributed by atoms with Gasteiger partial charge in [-0.3, -0.25) is 20.3 Å². The SMILES string of the molecule is O=C(O)CCCNC(=S)N/N=C/c1ccc([N+](=O)[O-])cc1. The summed E-state index contributed by atoms with van der Waals surface area (Å²) in [5, 5.41) is 25.9. The molecule has 0 bridgehead atoms. The second-order valence-corrected chi connectivity index (χ2v) is 4.38. The molecule has 0 saturated carbocycles. The number of nitrogens with zero attached hydrogens (tertiary/aromatic N) is 2. The predicted molar refractivity (Wildman–Crippen MR) is 81.3 cm³/mol. The summed E-state index contributed by atoms with van der Waals surface area (Å²) in [5.41, 5.74) is 3.26. The lowest BCUT2D eigenvalue weighted by Crippen LogP contribution is -2.32. The van der Waals surface area contributed by atoms with Crippen LogP contribution in [0.5, 0.6) is 0 Å². The molecule has 0 atom stereocenters. The van der Waals surface area contributed by atoms with Gasteiger partial charge in [0.1, 0.15) is 0 Å². The fourth-order valence-corrected chi connectivity index (χ4v) is 1.48. The van der Waals surface area contributed by atoms with E-state index in [9.17, 15) is 14.9 Å². The molecule has 3 N–H and O–H groups in total. The average molecular weight is 310 g/mol. The highest BCUT2D eigenvalue weighted by atomic mass is 32.1. The van der Waals surface area contributed by atoms with Crippen LogP contribution in [0.25, 0.3) is 0 Å². The van der Waals surface area contributed by atoms with Gasteiger partial charge in [-0.05, 0) is 36.3 Å². The van der Waals surface area contributed by atoms with Gasteiger partial charge in [0.15, 0.2) is 5.11 Å². The van der Waals surface area contributed by atoms with Gasteiger partial charge in [0.25, 0.3) is 5.69 Å². The number of benzene rings is 1. The highest BCUT2D eigenvalue weighted by Crippen LogP contribution is 2.10. The average Bonchev–Trinajstić information content (AvgIpc) is 2.44. The van der Waals surface area contributed by atoms with Crippen molar-refractivity contribution in [2.24, 2.45) is 5.10 Å². The molecule has 0 aromatic heterocycles. The molecule has 0 unspecified atom stereocenters. The molecular formula is C12H14N4O4S. The van der Waals surface area contributed by atoms with Crippen molar-refractivity contribution in [3.63, 3.8) is 0 Å². The monoisotopic (exact) mass is 310 g/mol. The second kappa shape index (κ2) is 8.59. The molecule has 0 radical (unpaired) electrons. The van der Waals surface area contributed by atoms with Crippen LogP contribution in [0.15, 0.2) is 29.4 Å². The Kier molecular flexibility index (Phi) is 6.75. The molecule has 0 saturated heterocycles. The number of hydrazone groups is 1. The van der Waals surface area contributed by atoms with Crippen molar-refractivity contribution in [1.29, 1.82) is 0 Å². The Morgan fingerprint density at radius 2 is 2.10 bits per heavy atom. The molecule has 0 fully saturated rings. The molecule has 0 amide bonds. The molecule has 0 aliphatic rings. The van der Waals surface area contributed by atoms with Crippen LogP contribution in [0.3, 0.4) is 0 Å². The van der Waals surface area contributed by atoms with Crippen LogP contribution in [-0.2, 0) is 4.79 Å². The molecular weight excluding hydrogens is 296 g/mol. The molecule has 1 rings (SSSR count). The minimum atomic E-state index is -0.855. The van der Waals surface area contributed by atoms with E-state index in [0.717, 1.165) is 0 Å². The zero-order valence-corrected chi connectivity index (χ0v) is 11.8. The number of carbonyl (C=O) groups is 1. The Morgan fingerprint density at radius 3 is 2.67 bits per heavy atom. The molecule has 9 heteroatoms. The number of carboxylic acid groups (broad SMARTS) is 1. The second-order valence-electron chi connectivity index (χ2n) is 3.97. The van der Waals surface area contributed by atoms with Crippen molar-refractivity contribution in [3.8, 4) is 0 Å². The maximum atomic E-state index is 10.5. The summed E-state index contributed by atoms with van der Waals surface area (Å²) in [7, 11) is 0. The maximum absolute atomic E-state index is 10.5. The molecule has 8 nitrogen and oxygen atoms in total. The minimum absolute atomic E-state index is 0.00993. The van der Waals surface area contributed by atoms with Crippen LogP contribution in [-0.4, -0.2) is 33.9 Å². The van der Waals surface area contributed by atoms with Gasteiger partial charge in [-0.1, -0.05) is 0 Å². The van der Waals surface area contributed by atoms with Crippen molar-refractivity contribution in [1.82, 2.24) is 10.7 Å². The zero-order chi connectivity index (χ0) is 15.7. The maximum Gasteiger partial charge on any atom is 0.303 e. The lowest BCUT2D eigenvalue weighted by molar-refractivity contribution is -0.384. The highest BCUT2D eigenvalue weighted by molar-refractivity contribution is 7.80. The van der Waals surface area contributed by atoms with E-state index in [1.54, 1.807) is 12.1 Å². The predicted octanol–water partition coefficient (Wildman–Crippen LogP) is 1.26. The van der Waals surface area contributed by atoms with E-state index in [0.29, 0.717) is 18.5 Å². The summed E-state index contributed by atoms with van der Waals surface area (Å²) in [5.74, 6) is -0.855. The van der Waals surface area contributed by atoms with E-state index >= 15 is 0 Å². The first kappa shape index (κ1) is 16.5. The number of non-ortho nitro benzene ring substituents is 1. The fraction of sp³-hybridized carbons (Fsp3) is 0.250. The topological polar surface area (TPSA) is 117 Å². The molecule has 1 aromatic carbocycles. The van der Waals surface area contributed by atoms with Gasteiger partial charge in [-0.15, -0.1) is 0 Å². The number of nitro benzene ring substituents is 1. The number of hydrogen-bond acceptors (Lipinski definition) is 5. The Hall–Kier alpha value is -2.55. The van der Waals surface area contributed by atoms with Crippen molar-refractivity contribution < 1.29 is 14.8 Å². The van der Waals surface area contributed by atoms with Gasteiger partial charge in [-0.2, -0.15) is 5.10 Å². The van der Waals surface area contributed by atoms with Crippen molar-refractivity contribution in [3.05, 3.63) is 39.9 Å². The summed E-state index contributed by atoms with van der Waals surface area (Å²) in [6.45, 7) is 0.436. The van der Waals surface area contributed by atoms with Gasteiger partial charge in [0.2, 0.25) is 0 Å². The summed E-state index contributed by atoms with van der Waals surface area (Å²) in [4.78, 5) is 20.3. The summed E-state index contributed by atoms with van der Waals surface area (Å²) >= 11 is 4.93. The van der Waals surface area contributed by atoms with Gasteiger partial charge in [0, 0.05) is 25.1 Å². The third-order valence-electron chi connectivity index (χ3n) is 2.34. The van der Waals surface area contributed by atoms with Gasteiger partial charge in [-0.25, -0.2) is 0 Å². The summed E-state index contributed by atoms with van der Waals surface area (Å²) in [6, 6.07) is 5.88. The van der Waals surface area contributed by atoms with E-state index in [1.807, 2.05) is 0 Å². The molecule has 112 valence electrons. The third-order valence-corrected chi connectivity index (χ3v) is 2.57. The zero-order valence-electron chi connectivity index (χ0n) is 11.0. The van der Waals surface area contributed by atoms with Crippen molar-refractivity contribution in [2.75, 3.05) is 6.54 Å². The molecule has 1 aromatic rings. The van der Waals surface area contributed by atoms with Crippen LogP contribution in [0.1, 0.15) is 18.4 Å². The lowest BCUT2D eigenvalue weighted by atomic mass is 10.2. The first-order chi connectivity index (χ1) is 9.99. The molecule has 0 heterocycles. The van der Waals surface area contributed by atoms with Crippen LogP contribution >= 0.6 is 12.2 Å². The Bertz CT molecular complexity index is 545. The largest absolute Gasteiger partial charge is 0.481 e. The minimum Gasteiger partial charge on any atom is -0.481 e. The fourth-order valence-electron chi connectivity index (χ4n) is 1.33. The lowest BCUT2D eigenvalue weighted by Gasteiger charge is -2.05.